The SMILES string of the molecule is CCN(CCC(=O)NCc1ccccc1Cl)CC(=O)Nc1ccccc1OC. The van der Waals surface area contributed by atoms with Crippen LogP contribution in [0.2, 0.25) is 5.02 Å². The maximum absolute atomic E-state index is 12.3. The third-order valence-electron chi connectivity index (χ3n) is 4.28. The van der Waals surface area contributed by atoms with Crippen molar-refractivity contribution in [2.45, 2.75) is 19.9 Å². The minimum atomic E-state index is -0.150. The lowest BCUT2D eigenvalue weighted by molar-refractivity contribution is -0.122. The molecule has 0 saturated heterocycles. The monoisotopic (exact) mass is 403 g/mol. The largest absolute Gasteiger partial charge is 0.495 e. The second-order valence-electron chi connectivity index (χ2n) is 6.24. The highest BCUT2D eigenvalue weighted by Gasteiger charge is 2.13. The van der Waals surface area contributed by atoms with Gasteiger partial charge in [-0.2, -0.15) is 0 Å². The van der Waals surface area contributed by atoms with Crippen molar-refractivity contribution in [3.05, 3.63) is 59.1 Å². The molecular formula is C21H26ClN3O3. The summed E-state index contributed by atoms with van der Waals surface area (Å²) in [6.07, 6.45) is 0.306. The molecule has 150 valence electrons. The number of nitrogens with zero attached hydrogens (tertiary/aromatic N) is 1. The number of para-hydroxylation sites is 2. The molecule has 0 heterocycles. The highest BCUT2D eigenvalue weighted by molar-refractivity contribution is 6.31. The summed E-state index contributed by atoms with van der Waals surface area (Å²) in [5, 5.41) is 6.34. The molecule has 0 saturated carbocycles. The Labute approximate surface area is 170 Å². The number of carbonyl (C=O) groups excluding carboxylic acids is 2. The summed E-state index contributed by atoms with van der Waals surface area (Å²) in [7, 11) is 1.56. The zero-order valence-electron chi connectivity index (χ0n) is 16.2. The van der Waals surface area contributed by atoms with E-state index in [1.165, 1.54) is 0 Å². The van der Waals surface area contributed by atoms with Gasteiger partial charge in [0.2, 0.25) is 11.8 Å². The van der Waals surface area contributed by atoms with Crippen molar-refractivity contribution in [1.29, 1.82) is 0 Å². The summed E-state index contributed by atoms with van der Waals surface area (Å²) in [6, 6.07) is 14.7. The van der Waals surface area contributed by atoms with Gasteiger partial charge >= 0.3 is 0 Å². The quantitative estimate of drug-likeness (QED) is 0.638. The van der Waals surface area contributed by atoms with Crippen molar-refractivity contribution >= 4 is 29.1 Å². The van der Waals surface area contributed by atoms with Crippen LogP contribution < -0.4 is 15.4 Å². The lowest BCUT2D eigenvalue weighted by Gasteiger charge is -2.20. The minimum Gasteiger partial charge on any atom is -0.495 e. The second-order valence-corrected chi connectivity index (χ2v) is 6.64. The van der Waals surface area contributed by atoms with Crippen LogP contribution >= 0.6 is 11.6 Å². The maximum atomic E-state index is 12.3. The number of rotatable bonds is 10. The Morgan fingerprint density at radius 2 is 1.79 bits per heavy atom. The van der Waals surface area contributed by atoms with Gasteiger partial charge < -0.3 is 15.4 Å². The smallest absolute Gasteiger partial charge is 0.238 e. The number of hydrogen-bond acceptors (Lipinski definition) is 4. The number of nitrogens with one attached hydrogen (secondary N) is 2. The number of ether oxygens (including phenoxy) is 1. The van der Waals surface area contributed by atoms with Crippen molar-refractivity contribution < 1.29 is 14.3 Å². The number of methoxy groups -OCH3 is 1. The van der Waals surface area contributed by atoms with Gasteiger partial charge in [0, 0.05) is 24.5 Å². The molecule has 2 amide bonds. The Bertz CT molecular complexity index is 798. The molecule has 0 aliphatic carbocycles. The standard InChI is InChI=1S/C21H26ClN3O3/c1-3-25(15-21(27)24-18-10-6-7-11-19(18)28-2)13-12-20(26)23-14-16-8-4-5-9-17(16)22/h4-11H,3,12-15H2,1-2H3,(H,23,26)(H,24,27). The van der Waals surface area contributed by atoms with E-state index in [9.17, 15) is 9.59 Å². The molecule has 0 aromatic heterocycles. The van der Waals surface area contributed by atoms with Crippen molar-refractivity contribution in [2.24, 2.45) is 0 Å². The van der Waals surface area contributed by atoms with Gasteiger partial charge in [-0.25, -0.2) is 0 Å². The average Bonchev–Trinajstić information content (AvgIpc) is 2.70. The molecule has 2 N–H and O–H groups in total. The van der Waals surface area contributed by atoms with E-state index in [-0.39, 0.29) is 18.4 Å². The first-order chi connectivity index (χ1) is 13.5. The lowest BCUT2D eigenvalue weighted by Crippen LogP contribution is -2.36. The third kappa shape index (κ3) is 6.87. The molecule has 0 aliphatic heterocycles. The first kappa shape index (κ1) is 21.7. The van der Waals surface area contributed by atoms with Crippen LogP contribution in [0.4, 0.5) is 5.69 Å². The molecule has 2 aromatic carbocycles. The Hall–Kier alpha value is -2.57. The van der Waals surface area contributed by atoms with E-state index in [0.717, 1.165) is 5.56 Å². The molecule has 0 unspecified atom stereocenters. The van der Waals surface area contributed by atoms with E-state index in [0.29, 0.717) is 42.5 Å². The van der Waals surface area contributed by atoms with E-state index in [1.54, 1.807) is 25.3 Å². The number of hydrogen-bond donors (Lipinski definition) is 2. The van der Waals surface area contributed by atoms with Gasteiger partial charge in [-0.1, -0.05) is 48.9 Å². The van der Waals surface area contributed by atoms with Crippen molar-refractivity contribution in [3.63, 3.8) is 0 Å². The van der Waals surface area contributed by atoms with Gasteiger partial charge in [0.25, 0.3) is 0 Å². The topological polar surface area (TPSA) is 70.7 Å². The van der Waals surface area contributed by atoms with Gasteiger partial charge in [-0.3, -0.25) is 14.5 Å². The van der Waals surface area contributed by atoms with Crippen LogP contribution in [-0.4, -0.2) is 43.5 Å². The summed E-state index contributed by atoms with van der Waals surface area (Å²) >= 11 is 6.09. The van der Waals surface area contributed by atoms with Crippen LogP contribution in [-0.2, 0) is 16.1 Å². The first-order valence-electron chi connectivity index (χ1n) is 9.18. The number of halogens is 1. The van der Waals surface area contributed by atoms with E-state index >= 15 is 0 Å². The molecule has 0 aliphatic rings. The highest BCUT2D eigenvalue weighted by Crippen LogP contribution is 2.22. The van der Waals surface area contributed by atoms with Crippen LogP contribution in [0.3, 0.4) is 0 Å². The summed E-state index contributed by atoms with van der Waals surface area (Å²) in [4.78, 5) is 26.3. The fourth-order valence-electron chi connectivity index (χ4n) is 2.67. The fourth-order valence-corrected chi connectivity index (χ4v) is 2.88. The second kappa shape index (κ2) is 11.3. The number of benzene rings is 2. The lowest BCUT2D eigenvalue weighted by atomic mass is 10.2. The normalized spacial score (nSPS) is 10.6. The average molecular weight is 404 g/mol. The van der Waals surface area contributed by atoms with Crippen LogP contribution in [0.1, 0.15) is 18.9 Å². The predicted octanol–water partition coefficient (Wildman–Crippen LogP) is 3.32. The summed E-state index contributed by atoms with van der Waals surface area (Å²) < 4.78 is 5.24. The summed E-state index contributed by atoms with van der Waals surface area (Å²) in [5.74, 6) is 0.379. The zero-order chi connectivity index (χ0) is 20.4. The molecule has 7 heteroatoms. The fraction of sp³-hybridized carbons (Fsp3) is 0.333. The van der Waals surface area contributed by atoms with Crippen molar-refractivity contribution in [2.75, 3.05) is 32.1 Å². The van der Waals surface area contributed by atoms with Crippen LogP contribution in [0, 0.1) is 0 Å². The van der Waals surface area contributed by atoms with Gasteiger partial charge in [-0.05, 0) is 30.3 Å². The summed E-state index contributed by atoms with van der Waals surface area (Å²) in [6.45, 7) is 3.70. The molecule has 0 fully saturated rings. The van der Waals surface area contributed by atoms with Gasteiger partial charge in [0.1, 0.15) is 5.75 Å². The van der Waals surface area contributed by atoms with E-state index in [4.69, 9.17) is 16.3 Å². The number of anilines is 1. The zero-order valence-corrected chi connectivity index (χ0v) is 17.0. The molecule has 0 spiro atoms. The Balaban J connectivity index is 1.77. The van der Waals surface area contributed by atoms with Gasteiger partial charge in [0.05, 0.1) is 19.3 Å². The highest BCUT2D eigenvalue weighted by atomic mass is 35.5. The molecule has 0 bridgehead atoms. The van der Waals surface area contributed by atoms with Gasteiger partial charge in [0.15, 0.2) is 0 Å². The van der Waals surface area contributed by atoms with E-state index < -0.39 is 0 Å². The third-order valence-corrected chi connectivity index (χ3v) is 4.65. The number of amides is 2. The molecule has 2 rings (SSSR count). The maximum Gasteiger partial charge on any atom is 0.238 e. The molecule has 0 atom stereocenters. The number of carbonyl (C=O) groups is 2. The van der Waals surface area contributed by atoms with Crippen LogP contribution in [0.15, 0.2) is 48.5 Å². The van der Waals surface area contributed by atoms with Crippen LogP contribution in [0.25, 0.3) is 0 Å². The summed E-state index contributed by atoms with van der Waals surface area (Å²) in [5.41, 5.74) is 1.50. The minimum absolute atomic E-state index is 0.0801. The predicted molar refractivity (Wildman–Crippen MR) is 112 cm³/mol. The molecule has 0 radical (unpaired) electrons. The van der Waals surface area contributed by atoms with E-state index in [2.05, 4.69) is 10.6 Å². The Morgan fingerprint density at radius 1 is 1.07 bits per heavy atom. The number of likely N-dealkylation sites (N-methyl/N-ethyl adjacent to an activating group) is 1. The van der Waals surface area contributed by atoms with Gasteiger partial charge in [-0.15, -0.1) is 0 Å². The van der Waals surface area contributed by atoms with Crippen LogP contribution in [0.5, 0.6) is 5.75 Å². The van der Waals surface area contributed by atoms with Crippen molar-refractivity contribution in [1.82, 2.24) is 10.2 Å². The molecule has 28 heavy (non-hydrogen) atoms. The molecule has 6 nitrogen and oxygen atoms in total. The molecule has 2 aromatic rings. The Kier molecular flexibility index (Phi) is 8.78. The Morgan fingerprint density at radius 3 is 2.50 bits per heavy atom. The van der Waals surface area contributed by atoms with Crippen molar-refractivity contribution in [3.8, 4) is 5.75 Å². The first-order valence-corrected chi connectivity index (χ1v) is 9.56. The van der Waals surface area contributed by atoms with E-state index in [1.807, 2.05) is 42.2 Å². The molecular weight excluding hydrogens is 378 g/mol.